The number of ether oxygens (including phenoxy) is 1. The first-order valence-electron chi connectivity index (χ1n) is 8.33. The molecule has 7 nitrogen and oxygen atoms in total. The van der Waals surface area contributed by atoms with E-state index >= 15 is 0 Å². The van der Waals surface area contributed by atoms with Crippen LogP contribution in [-0.2, 0) is 16.1 Å². The number of morpholine rings is 1. The Balaban J connectivity index is 1.74. The molecule has 1 amide bonds. The average molecular weight is 347 g/mol. The van der Waals surface area contributed by atoms with Gasteiger partial charge in [-0.25, -0.2) is 9.37 Å². The number of rotatable bonds is 6. The van der Waals surface area contributed by atoms with E-state index in [0.717, 1.165) is 0 Å². The molecule has 25 heavy (non-hydrogen) atoms. The molecule has 2 aromatic rings. The summed E-state index contributed by atoms with van der Waals surface area (Å²) < 4.78 is 20.7. The van der Waals surface area contributed by atoms with Gasteiger partial charge in [-0.05, 0) is 24.6 Å². The molecule has 134 valence electrons. The van der Waals surface area contributed by atoms with Gasteiger partial charge >= 0.3 is 0 Å². The fourth-order valence-corrected chi connectivity index (χ4v) is 3.02. The quantitative estimate of drug-likeness (QED) is 0.844. The molecular formula is C17H22FN5O2. The molecule has 3 rings (SSSR count). The molecule has 1 aromatic carbocycles. The highest BCUT2D eigenvalue weighted by Crippen LogP contribution is 2.23. The van der Waals surface area contributed by atoms with E-state index in [1.54, 1.807) is 23.1 Å². The van der Waals surface area contributed by atoms with Crippen molar-refractivity contribution >= 4 is 5.91 Å². The molecule has 2 heterocycles. The van der Waals surface area contributed by atoms with E-state index in [1.165, 1.54) is 18.5 Å². The first-order valence-corrected chi connectivity index (χ1v) is 8.33. The minimum absolute atomic E-state index is 0.133. The van der Waals surface area contributed by atoms with E-state index in [-0.39, 0.29) is 17.8 Å². The summed E-state index contributed by atoms with van der Waals surface area (Å²) in [4.78, 5) is 18.9. The van der Waals surface area contributed by atoms with Crippen molar-refractivity contribution in [2.24, 2.45) is 0 Å². The van der Waals surface area contributed by atoms with Crippen LogP contribution in [0.25, 0.3) is 0 Å². The van der Waals surface area contributed by atoms with Crippen molar-refractivity contribution in [2.75, 3.05) is 26.3 Å². The molecule has 1 aliphatic rings. The number of carbonyl (C=O) groups is 1. The number of halogens is 1. The van der Waals surface area contributed by atoms with Crippen LogP contribution in [0.1, 0.15) is 18.5 Å². The van der Waals surface area contributed by atoms with Gasteiger partial charge in [0.15, 0.2) is 0 Å². The minimum Gasteiger partial charge on any atom is -0.379 e. The number of aromatic nitrogens is 3. The van der Waals surface area contributed by atoms with Crippen LogP contribution in [0.4, 0.5) is 4.39 Å². The monoisotopic (exact) mass is 347 g/mol. The number of nitrogens with one attached hydrogen (secondary N) is 1. The first kappa shape index (κ1) is 17.5. The zero-order valence-corrected chi connectivity index (χ0v) is 14.1. The molecule has 1 aliphatic heterocycles. The predicted octanol–water partition coefficient (Wildman–Crippen LogP) is 0.995. The van der Waals surface area contributed by atoms with Crippen molar-refractivity contribution in [1.29, 1.82) is 0 Å². The fraction of sp³-hybridized carbons (Fsp3) is 0.471. The summed E-state index contributed by atoms with van der Waals surface area (Å²) >= 11 is 0. The van der Waals surface area contributed by atoms with E-state index < -0.39 is 6.04 Å². The lowest BCUT2D eigenvalue weighted by Crippen LogP contribution is -2.48. The summed E-state index contributed by atoms with van der Waals surface area (Å²) in [5.74, 6) is -0.501. The smallest absolute Gasteiger partial charge is 0.242 e. The maximum Gasteiger partial charge on any atom is 0.242 e. The van der Waals surface area contributed by atoms with Gasteiger partial charge in [0.05, 0.1) is 19.8 Å². The van der Waals surface area contributed by atoms with Gasteiger partial charge in [0, 0.05) is 19.1 Å². The van der Waals surface area contributed by atoms with Gasteiger partial charge in [-0.15, -0.1) is 0 Å². The number of nitrogens with zero attached hydrogens (tertiary/aromatic N) is 4. The van der Waals surface area contributed by atoms with Gasteiger partial charge in [-0.3, -0.25) is 14.4 Å². The maximum atomic E-state index is 13.7. The van der Waals surface area contributed by atoms with Crippen molar-refractivity contribution in [1.82, 2.24) is 25.0 Å². The van der Waals surface area contributed by atoms with E-state index in [2.05, 4.69) is 15.4 Å². The van der Waals surface area contributed by atoms with Crippen LogP contribution < -0.4 is 5.32 Å². The number of carbonyl (C=O) groups excluding carboxylic acids is 1. The largest absolute Gasteiger partial charge is 0.379 e. The van der Waals surface area contributed by atoms with Crippen molar-refractivity contribution in [3.05, 3.63) is 48.3 Å². The minimum atomic E-state index is -0.544. The lowest BCUT2D eigenvalue weighted by molar-refractivity contribution is -0.129. The second-order valence-electron chi connectivity index (χ2n) is 6.13. The Labute approximate surface area is 145 Å². The molecular weight excluding hydrogens is 325 g/mol. The molecule has 1 N–H and O–H groups in total. The molecule has 0 saturated carbocycles. The van der Waals surface area contributed by atoms with Crippen LogP contribution in [0, 0.1) is 5.82 Å². The van der Waals surface area contributed by atoms with Crippen LogP contribution in [0.2, 0.25) is 0 Å². The highest BCUT2D eigenvalue weighted by molar-refractivity contribution is 5.83. The summed E-state index contributed by atoms with van der Waals surface area (Å²) in [6, 6.07) is 5.53. The lowest BCUT2D eigenvalue weighted by Gasteiger charge is -2.34. The molecule has 2 atom stereocenters. The van der Waals surface area contributed by atoms with E-state index in [0.29, 0.717) is 38.4 Å². The van der Waals surface area contributed by atoms with Crippen LogP contribution in [0.15, 0.2) is 36.9 Å². The third-order valence-corrected chi connectivity index (χ3v) is 4.14. The fourth-order valence-electron chi connectivity index (χ4n) is 3.02. The van der Waals surface area contributed by atoms with Gasteiger partial charge in [-0.2, -0.15) is 5.10 Å². The van der Waals surface area contributed by atoms with Crippen LogP contribution in [-0.4, -0.2) is 57.9 Å². The van der Waals surface area contributed by atoms with Crippen molar-refractivity contribution in [2.45, 2.75) is 25.6 Å². The molecule has 1 fully saturated rings. The molecule has 8 heteroatoms. The Bertz CT molecular complexity index is 688. The van der Waals surface area contributed by atoms with E-state index in [1.807, 2.05) is 11.8 Å². The summed E-state index contributed by atoms with van der Waals surface area (Å²) in [5, 5.41) is 7.05. The first-order chi connectivity index (χ1) is 12.1. The zero-order chi connectivity index (χ0) is 17.6. The molecule has 1 aromatic heterocycles. The van der Waals surface area contributed by atoms with E-state index in [4.69, 9.17) is 4.74 Å². The molecule has 0 radical (unpaired) electrons. The summed E-state index contributed by atoms with van der Waals surface area (Å²) in [7, 11) is 0. The van der Waals surface area contributed by atoms with Gasteiger partial charge in [0.2, 0.25) is 5.91 Å². The van der Waals surface area contributed by atoms with Crippen LogP contribution in [0.3, 0.4) is 0 Å². The Morgan fingerprint density at radius 2 is 2.20 bits per heavy atom. The topological polar surface area (TPSA) is 72.3 Å². The normalized spacial score (nSPS) is 17.8. The van der Waals surface area contributed by atoms with Gasteiger partial charge in [0.1, 0.15) is 24.5 Å². The third-order valence-electron chi connectivity index (χ3n) is 4.14. The number of benzene rings is 1. The Morgan fingerprint density at radius 1 is 1.40 bits per heavy atom. The SMILES string of the molecule is C[C@@H](Cn1cncn1)NC(=O)[C@@H](c1cccc(F)c1)N1CCOCC1. The van der Waals surface area contributed by atoms with Crippen LogP contribution in [0.5, 0.6) is 0 Å². The Kier molecular flexibility index (Phi) is 5.72. The second-order valence-corrected chi connectivity index (χ2v) is 6.13. The third kappa shape index (κ3) is 4.61. The molecule has 0 bridgehead atoms. The predicted molar refractivity (Wildman–Crippen MR) is 89.2 cm³/mol. The van der Waals surface area contributed by atoms with Crippen molar-refractivity contribution < 1.29 is 13.9 Å². The highest BCUT2D eigenvalue weighted by Gasteiger charge is 2.30. The number of amides is 1. The lowest BCUT2D eigenvalue weighted by atomic mass is 10.0. The standard InChI is InChI=1S/C17H22FN5O2/c1-13(10-23-12-19-11-20-23)21-17(24)16(22-5-7-25-8-6-22)14-3-2-4-15(18)9-14/h2-4,9,11-13,16H,5-8,10H2,1H3,(H,21,24)/t13-,16+/m0/s1. The van der Waals surface area contributed by atoms with Gasteiger partial charge in [-0.1, -0.05) is 12.1 Å². The van der Waals surface area contributed by atoms with Crippen molar-refractivity contribution in [3.8, 4) is 0 Å². The average Bonchev–Trinajstić information content (AvgIpc) is 3.09. The Hall–Kier alpha value is -2.32. The van der Waals surface area contributed by atoms with Crippen LogP contribution >= 0.6 is 0 Å². The highest BCUT2D eigenvalue weighted by atomic mass is 19.1. The van der Waals surface area contributed by atoms with Gasteiger partial charge < -0.3 is 10.1 Å². The molecule has 0 spiro atoms. The summed E-state index contributed by atoms with van der Waals surface area (Å²) in [6.07, 6.45) is 3.06. The number of hydrogen-bond donors (Lipinski definition) is 1. The zero-order valence-electron chi connectivity index (χ0n) is 14.1. The molecule has 0 aliphatic carbocycles. The maximum absolute atomic E-state index is 13.7. The summed E-state index contributed by atoms with van der Waals surface area (Å²) in [5.41, 5.74) is 0.646. The molecule has 0 unspecified atom stereocenters. The second kappa shape index (κ2) is 8.17. The van der Waals surface area contributed by atoms with Gasteiger partial charge in [0.25, 0.3) is 0 Å². The Morgan fingerprint density at radius 3 is 2.88 bits per heavy atom. The number of hydrogen-bond acceptors (Lipinski definition) is 5. The van der Waals surface area contributed by atoms with E-state index in [9.17, 15) is 9.18 Å². The molecule has 1 saturated heterocycles. The van der Waals surface area contributed by atoms with Crippen molar-refractivity contribution in [3.63, 3.8) is 0 Å². The summed E-state index contributed by atoms with van der Waals surface area (Å²) in [6.45, 7) is 4.81.